The molecule has 0 bridgehead atoms. The van der Waals surface area contributed by atoms with E-state index in [1.807, 2.05) is 0 Å². The highest BCUT2D eigenvalue weighted by molar-refractivity contribution is 6.30. The van der Waals surface area contributed by atoms with Gasteiger partial charge in [0.2, 0.25) is 0 Å². The Balaban J connectivity index is 2.23. The van der Waals surface area contributed by atoms with Gasteiger partial charge in [-0.3, -0.25) is 0 Å². The molecule has 0 heterocycles. The third kappa shape index (κ3) is 2.23. The second-order valence-electron chi connectivity index (χ2n) is 4.76. The van der Waals surface area contributed by atoms with Crippen LogP contribution in [0.2, 0.25) is 5.02 Å². The fraction of sp³-hybridized carbons (Fsp3) is 0.538. The van der Waals surface area contributed by atoms with E-state index in [1.165, 1.54) is 18.9 Å². The van der Waals surface area contributed by atoms with E-state index in [1.54, 1.807) is 12.1 Å². The Kier molecular flexibility index (Phi) is 3.50. The molecule has 0 spiro atoms. The average Bonchev–Trinajstić information content (AvgIpc) is 2.63. The van der Waals surface area contributed by atoms with Crippen molar-refractivity contribution >= 4 is 11.6 Å². The Hall–Kier alpha value is -0.600. The Morgan fingerprint density at radius 3 is 2.75 bits per heavy atom. The standard InChI is InChI=1S/C13H17ClFN/c1-8-3-2-4-10(8)13(16)11-6-5-9(14)7-12(11)15/h5-8,10,13H,2-4,16H2,1H3. The van der Waals surface area contributed by atoms with Crippen LogP contribution in [0.15, 0.2) is 18.2 Å². The van der Waals surface area contributed by atoms with Crippen molar-refractivity contribution in [1.82, 2.24) is 0 Å². The number of hydrogen-bond donors (Lipinski definition) is 1. The molecule has 1 aromatic rings. The molecule has 3 heteroatoms. The molecule has 2 rings (SSSR count). The maximum absolute atomic E-state index is 13.7. The number of hydrogen-bond acceptors (Lipinski definition) is 1. The topological polar surface area (TPSA) is 26.0 Å². The van der Waals surface area contributed by atoms with E-state index < -0.39 is 0 Å². The third-order valence-electron chi connectivity index (χ3n) is 3.71. The van der Waals surface area contributed by atoms with Crippen LogP contribution < -0.4 is 5.73 Å². The lowest BCUT2D eigenvalue weighted by Crippen LogP contribution is -2.24. The number of halogens is 2. The fourth-order valence-corrected chi connectivity index (χ4v) is 2.87. The first kappa shape index (κ1) is 11.9. The van der Waals surface area contributed by atoms with Crippen LogP contribution in [-0.4, -0.2) is 0 Å². The van der Waals surface area contributed by atoms with Gasteiger partial charge in [-0.1, -0.05) is 37.4 Å². The highest BCUT2D eigenvalue weighted by Gasteiger charge is 2.30. The minimum absolute atomic E-state index is 0.199. The normalized spacial score (nSPS) is 27.0. The van der Waals surface area contributed by atoms with Crippen molar-refractivity contribution in [1.29, 1.82) is 0 Å². The first-order chi connectivity index (χ1) is 7.59. The van der Waals surface area contributed by atoms with E-state index in [0.29, 0.717) is 22.4 Å². The van der Waals surface area contributed by atoms with Crippen LogP contribution in [0.4, 0.5) is 4.39 Å². The second kappa shape index (κ2) is 4.72. The molecule has 1 aromatic carbocycles. The minimum atomic E-state index is -0.279. The summed E-state index contributed by atoms with van der Waals surface area (Å²) in [4.78, 5) is 0. The van der Waals surface area contributed by atoms with Gasteiger partial charge in [0, 0.05) is 16.6 Å². The van der Waals surface area contributed by atoms with E-state index in [9.17, 15) is 4.39 Å². The molecular formula is C13H17ClFN. The van der Waals surface area contributed by atoms with Gasteiger partial charge in [0.25, 0.3) is 0 Å². The molecule has 2 N–H and O–H groups in total. The fourth-order valence-electron chi connectivity index (χ4n) is 2.71. The van der Waals surface area contributed by atoms with E-state index in [-0.39, 0.29) is 11.9 Å². The second-order valence-corrected chi connectivity index (χ2v) is 5.20. The highest BCUT2D eigenvalue weighted by atomic mass is 35.5. The van der Waals surface area contributed by atoms with E-state index in [4.69, 9.17) is 17.3 Å². The van der Waals surface area contributed by atoms with E-state index in [2.05, 4.69) is 6.92 Å². The smallest absolute Gasteiger partial charge is 0.129 e. The summed E-state index contributed by atoms with van der Waals surface area (Å²) in [6.07, 6.45) is 3.51. The summed E-state index contributed by atoms with van der Waals surface area (Å²) >= 11 is 5.73. The van der Waals surface area contributed by atoms with Crippen LogP contribution in [0.3, 0.4) is 0 Å². The Bertz CT molecular complexity index is 380. The summed E-state index contributed by atoms with van der Waals surface area (Å²) in [6.45, 7) is 2.20. The maximum Gasteiger partial charge on any atom is 0.129 e. The monoisotopic (exact) mass is 241 g/mol. The summed E-state index contributed by atoms with van der Waals surface area (Å²) in [5.41, 5.74) is 6.76. The molecule has 0 aromatic heterocycles. The van der Waals surface area contributed by atoms with Gasteiger partial charge in [-0.15, -0.1) is 0 Å². The van der Waals surface area contributed by atoms with Gasteiger partial charge in [0.05, 0.1) is 0 Å². The molecule has 1 fully saturated rings. The van der Waals surface area contributed by atoms with Crippen molar-refractivity contribution in [3.63, 3.8) is 0 Å². The summed E-state index contributed by atoms with van der Waals surface area (Å²) < 4.78 is 13.7. The van der Waals surface area contributed by atoms with Gasteiger partial charge in [-0.2, -0.15) is 0 Å². The number of benzene rings is 1. The zero-order chi connectivity index (χ0) is 11.7. The minimum Gasteiger partial charge on any atom is -0.324 e. The van der Waals surface area contributed by atoms with Crippen LogP contribution in [-0.2, 0) is 0 Å². The van der Waals surface area contributed by atoms with E-state index in [0.717, 1.165) is 6.42 Å². The first-order valence-corrected chi connectivity index (χ1v) is 6.18. The van der Waals surface area contributed by atoms with Crippen LogP contribution in [0.5, 0.6) is 0 Å². The molecule has 3 unspecified atom stereocenters. The molecule has 0 aliphatic heterocycles. The van der Waals surface area contributed by atoms with Gasteiger partial charge >= 0.3 is 0 Å². The lowest BCUT2D eigenvalue weighted by atomic mass is 9.86. The van der Waals surface area contributed by atoms with Crippen molar-refractivity contribution in [3.05, 3.63) is 34.6 Å². The van der Waals surface area contributed by atoms with Gasteiger partial charge in [0.1, 0.15) is 5.82 Å². The SMILES string of the molecule is CC1CCCC1C(N)c1ccc(Cl)cc1F. The summed E-state index contributed by atoms with van der Waals surface area (Å²) in [5, 5.41) is 0.424. The van der Waals surface area contributed by atoms with Crippen molar-refractivity contribution in [2.75, 3.05) is 0 Å². The molecule has 0 amide bonds. The van der Waals surface area contributed by atoms with Crippen molar-refractivity contribution in [3.8, 4) is 0 Å². The Labute approximate surface area is 101 Å². The Morgan fingerprint density at radius 2 is 2.19 bits per heavy atom. The van der Waals surface area contributed by atoms with Crippen molar-refractivity contribution < 1.29 is 4.39 Å². The average molecular weight is 242 g/mol. The molecule has 1 aliphatic rings. The van der Waals surface area contributed by atoms with Gasteiger partial charge in [0.15, 0.2) is 0 Å². The van der Waals surface area contributed by atoms with Crippen molar-refractivity contribution in [2.45, 2.75) is 32.2 Å². The number of nitrogens with two attached hydrogens (primary N) is 1. The summed E-state index contributed by atoms with van der Waals surface area (Å²) in [7, 11) is 0. The zero-order valence-electron chi connectivity index (χ0n) is 9.42. The predicted octanol–water partition coefficient (Wildman–Crippen LogP) is 3.92. The van der Waals surface area contributed by atoms with Crippen LogP contribution in [0.25, 0.3) is 0 Å². The maximum atomic E-state index is 13.7. The molecule has 3 atom stereocenters. The quantitative estimate of drug-likeness (QED) is 0.835. The molecule has 1 nitrogen and oxygen atoms in total. The van der Waals surface area contributed by atoms with Crippen LogP contribution >= 0.6 is 11.6 Å². The molecular weight excluding hydrogens is 225 g/mol. The third-order valence-corrected chi connectivity index (χ3v) is 3.95. The van der Waals surface area contributed by atoms with Crippen molar-refractivity contribution in [2.24, 2.45) is 17.6 Å². The lowest BCUT2D eigenvalue weighted by Gasteiger charge is -2.24. The van der Waals surface area contributed by atoms with Gasteiger partial charge in [-0.25, -0.2) is 4.39 Å². The van der Waals surface area contributed by atoms with E-state index >= 15 is 0 Å². The van der Waals surface area contributed by atoms with Gasteiger partial charge in [-0.05, 0) is 30.4 Å². The molecule has 88 valence electrons. The predicted molar refractivity (Wildman–Crippen MR) is 64.8 cm³/mol. The summed E-state index contributed by atoms with van der Waals surface area (Å²) in [5.74, 6) is 0.708. The van der Waals surface area contributed by atoms with Gasteiger partial charge < -0.3 is 5.73 Å². The molecule has 16 heavy (non-hydrogen) atoms. The first-order valence-electron chi connectivity index (χ1n) is 5.80. The Morgan fingerprint density at radius 1 is 1.44 bits per heavy atom. The largest absolute Gasteiger partial charge is 0.324 e. The molecule has 1 saturated carbocycles. The zero-order valence-corrected chi connectivity index (χ0v) is 10.2. The molecule has 0 saturated heterocycles. The number of rotatable bonds is 2. The highest BCUT2D eigenvalue weighted by Crippen LogP contribution is 2.39. The van der Waals surface area contributed by atoms with Crippen LogP contribution in [0, 0.1) is 17.7 Å². The summed E-state index contributed by atoms with van der Waals surface area (Å²) in [6, 6.07) is 4.57. The lowest BCUT2D eigenvalue weighted by molar-refractivity contribution is 0.344. The van der Waals surface area contributed by atoms with Crippen LogP contribution in [0.1, 0.15) is 37.8 Å². The molecule has 0 radical (unpaired) electrons. The molecule has 1 aliphatic carbocycles.